The van der Waals surface area contributed by atoms with E-state index < -0.39 is 0 Å². The predicted octanol–water partition coefficient (Wildman–Crippen LogP) is 5.58. The number of fused-ring (bicyclic) bond motifs is 1. The van der Waals surface area contributed by atoms with E-state index in [2.05, 4.69) is 29.9 Å². The third-order valence-corrected chi connectivity index (χ3v) is 3.44. The van der Waals surface area contributed by atoms with Crippen LogP contribution in [0.5, 0.6) is 0 Å². The molecule has 0 saturated heterocycles. The number of hydrogen-bond donors (Lipinski definition) is 0. The number of hydrogen-bond acceptors (Lipinski definition) is 1. The van der Waals surface area contributed by atoms with Gasteiger partial charge in [0.2, 0.25) is 0 Å². The van der Waals surface area contributed by atoms with E-state index in [0.717, 1.165) is 22.3 Å². The van der Waals surface area contributed by atoms with Gasteiger partial charge in [0, 0.05) is 13.3 Å². The maximum Gasteiger partial charge on any atom is 3.00 e. The molecule has 0 aliphatic heterocycles. The molecule has 4 rings (SSSR count). The van der Waals surface area contributed by atoms with Gasteiger partial charge in [0.1, 0.15) is 0 Å². The fraction of sp³-hybridized carbons (Fsp3) is 0.0417. The van der Waals surface area contributed by atoms with E-state index in [-0.39, 0.29) is 26.2 Å². The van der Waals surface area contributed by atoms with E-state index in [9.17, 15) is 0 Å². The zero-order valence-electron chi connectivity index (χ0n) is 15.5. The second-order valence-corrected chi connectivity index (χ2v) is 5.60. The van der Waals surface area contributed by atoms with Gasteiger partial charge in [-0.3, -0.25) is 4.99 Å². The van der Waals surface area contributed by atoms with Crippen LogP contribution in [0.15, 0.2) is 96.0 Å². The van der Waals surface area contributed by atoms with Crippen LogP contribution in [-0.4, -0.2) is 13.3 Å². The summed E-state index contributed by atoms with van der Waals surface area (Å²) in [5, 5.41) is 1.17. The van der Waals surface area contributed by atoms with Crippen molar-refractivity contribution < 1.29 is 26.2 Å². The molecule has 0 aliphatic rings. The summed E-state index contributed by atoms with van der Waals surface area (Å²) in [7, 11) is 1.75. The van der Waals surface area contributed by atoms with Gasteiger partial charge in [0.05, 0.1) is 0 Å². The van der Waals surface area contributed by atoms with E-state index in [1.807, 2.05) is 84.9 Å². The Kier molecular flexibility index (Phi) is 10.7. The first-order valence-electron chi connectivity index (χ1n) is 8.37. The fourth-order valence-electron chi connectivity index (χ4n) is 2.20. The van der Waals surface area contributed by atoms with Gasteiger partial charge in [0.25, 0.3) is 0 Å². The minimum atomic E-state index is 0. The molecule has 0 amide bonds. The van der Waals surface area contributed by atoms with Crippen LogP contribution in [0.1, 0.15) is 16.8 Å². The molecular weight excluding hydrogens is 408 g/mol. The van der Waals surface area contributed by atoms with Crippen LogP contribution in [0.2, 0.25) is 0 Å². The maximum atomic E-state index is 4.35. The summed E-state index contributed by atoms with van der Waals surface area (Å²) < 4.78 is 0. The molecule has 2 nitrogen and oxygen atoms in total. The van der Waals surface area contributed by atoms with Crippen molar-refractivity contribution in [2.75, 3.05) is 7.05 Å². The zero-order valence-corrected chi connectivity index (χ0v) is 18.0. The largest absolute Gasteiger partial charge is 3.00 e. The van der Waals surface area contributed by atoms with Crippen LogP contribution in [0.25, 0.3) is 10.9 Å². The fourth-order valence-corrected chi connectivity index (χ4v) is 2.20. The first-order valence-corrected chi connectivity index (χ1v) is 8.37. The molecule has 0 atom stereocenters. The molecule has 0 aliphatic carbocycles. The summed E-state index contributed by atoms with van der Waals surface area (Å²) >= 11 is 0. The van der Waals surface area contributed by atoms with Crippen molar-refractivity contribution in [3.05, 3.63) is 122 Å². The number of para-hydroxylation sites is 1. The molecule has 3 aromatic carbocycles. The maximum absolute atomic E-state index is 4.35. The summed E-state index contributed by atoms with van der Waals surface area (Å²) in [5.41, 5.74) is 4.11. The van der Waals surface area contributed by atoms with Gasteiger partial charge in [-0.25, -0.2) is 0 Å². The van der Waals surface area contributed by atoms with Crippen LogP contribution in [0, 0.1) is 13.8 Å². The second kappa shape index (κ2) is 12.8. The Morgan fingerprint density at radius 2 is 1.22 bits per heavy atom. The van der Waals surface area contributed by atoms with Crippen LogP contribution in [0.4, 0.5) is 0 Å². The Morgan fingerprint density at radius 3 is 1.63 bits per heavy atom. The van der Waals surface area contributed by atoms with Gasteiger partial charge >= 0.3 is 26.2 Å². The summed E-state index contributed by atoms with van der Waals surface area (Å²) in [6, 6.07) is 29.8. The van der Waals surface area contributed by atoms with Gasteiger partial charge in [-0.2, -0.15) is 49.2 Å². The molecule has 0 spiro atoms. The average Bonchev–Trinajstić information content (AvgIpc) is 3.07. The standard InChI is InChI=1S/C10H9N2.2C7H7.Zr/c1-11-7-9-6-8-4-2-3-5-10(8)12-9;2*1-7-5-3-2-4-6-7;/h2-7H,1H3;2*2-6H,1H2;/q3*-1;+3. The minimum Gasteiger partial charge on any atom is -0.656 e. The molecule has 1 heterocycles. The van der Waals surface area contributed by atoms with Crippen LogP contribution >= 0.6 is 0 Å². The Morgan fingerprint density at radius 1 is 0.741 bits per heavy atom. The molecule has 4 aromatic rings. The van der Waals surface area contributed by atoms with Crippen molar-refractivity contribution >= 4 is 17.1 Å². The Bertz CT molecular complexity index is 842. The SMILES string of the molecule is CN=Cc1cc2ccccc2[n-]1.[CH2-]c1ccccc1.[CH2-]c1ccccc1.[Zr+3]. The van der Waals surface area contributed by atoms with Crippen LogP contribution in [-0.2, 0) is 26.2 Å². The van der Waals surface area contributed by atoms with Gasteiger partial charge in [0.15, 0.2) is 0 Å². The van der Waals surface area contributed by atoms with E-state index >= 15 is 0 Å². The van der Waals surface area contributed by atoms with E-state index in [1.165, 1.54) is 5.39 Å². The van der Waals surface area contributed by atoms with Crippen molar-refractivity contribution in [1.29, 1.82) is 0 Å². The third-order valence-electron chi connectivity index (χ3n) is 3.44. The molecule has 27 heavy (non-hydrogen) atoms. The van der Waals surface area contributed by atoms with Crippen LogP contribution < -0.4 is 4.98 Å². The second-order valence-electron chi connectivity index (χ2n) is 5.60. The molecule has 3 heteroatoms. The normalized spacial score (nSPS) is 9.52. The van der Waals surface area contributed by atoms with E-state index in [0.29, 0.717) is 0 Å². The first-order chi connectivity index (χ1) is 12.7. The average molecular weight is 431 g/mol. The molecule has 0 fully saturated rings. The topological polar surface area (TPSA) is 26.5 Å². The molecule has 1 radical (unpaired) electrons. The number of nitrogens with zero attached hydrogens (tertiary/aromatic N) is 2. The van der Waals surface area contributed by atoms with Crippen molar-refractivity contribution in [2.24, 2.45) is 4.99 Å². The molecule has 0 N–H and O–H groups in total. The van der Waals surface area contributed by atoms with Crippen LogP contribution in [0.3, 0.4) is 0 Å². The summed E-state index contributed by atoms with van der Waals surface area (Å²) in [6.45, 7) is 7.44. The van der Waals surface area contributed by atoms with E-state index in [1.54, 1.807) is 13.3 Å². The predicted molar refractivity (Wildman–Crippen MR) is 113 cm³/mol. The number of aliphatic imine (C=N–C) groups is 1. The Hall–Kier alpha value is -2.51. The number of aromatic nitrogens is 1. The third kappa shape index (κ3) is 8.61. The van der Waals surface area contributed by atoms with Gasteiger partial charge < -0.3 is 4.98 Å². The summed E-state index contributed by atoms with van der Waals surface area (Å²) in [5.74, 6) is 0. The summed E-state index contributed by atoms with van der Waals surface area (Å²) in [6.07, 6.45) is 1.76. The Labute approximate surface area is 181 Å². The van der Waals surface area contributed by atoms with E-state index in [4.69, 9.17) is 0 Å². The van der Waals surface area contributed by atoms with Crippen molar-refractivity contribution in [1.82, 2.24) is 4.98 Å². The quantitative estimate of drug-likeness (QED) is 0.286. The van der Waals surface area contributed by atoms with Gasteiger partial charge in [-0.1, -0.05) is 42.5 Å². The van der Waals surface area contributed by atoms with Gasteiger partial charge in [-0.05, 0) is 5.39 Å². The summed E-state index contributed by atoms with van der Waals surface area (Å²) in [4.78, 5) is 8.27. The van der Waals surface area contributed by atoms with Crippen molar-refractivity contribution in [3.63, 3.8) is 0 Å². The Balaban J connectivity index is 0.000000211. The molecule has 0 unspecified atom stereocenters. The smallest absolute Gasteiger partial charge is 0.656 e. The molecule has 133 valence electrons. The first kappa shape index (κ1) is 22.5. The van der Waals surface area contributed by atoms with Gasteiger partial charge in [-0.15, -0.1) is 35.5 Å². The minimum absolute atomic E-state index is 0. The number of rotatable bonds is 1. The van der Waals surface area contributed by atoms with Crippen molar-refractivity contribution in [3.8, 4) is 0 Å². The molecule has 0 bridgehead atoms. The molecule has 1 aromatic heterocycles. The molecule has 0 saturated carbocycles. The monoisotopic (exact) mass is 429 g/mol. The molecular formula is C24H23N2Zr. The number of benzene rings is 3. The zero-order chi connectivity index (χ0) is 18.6. The van der Waals surface area contributed by atoms with Crippen molar-refractivity contribution in [2.45, 2.75) is 0 Å².